The minimum Gasteiger partial charge on any atom is -0.350 e. The molecule has 0 aliphatic rings. The topological polar surface area (TPSA) is 92.2 Å². The molecule has 0 atom stereocenters. The van der Waals surface area contributed by atoms with Gasteiger partial charge in [-0.2, -0.15) is 0 Å². The molecule has 1 aromatic heterocycles. The minimum atomic E-state index is -0.490. The molecule has 0 bridgehead atoms. The second-order valence-electron chi connectivity index (χ2n) is 5.25. The molecule has 0 aliphatic carbocycles. The molecule has 7 heteroatoms. The van der Waals surface area contributed by atoms with Crippen LogP contribution in [-0.2, 0) is 17.9 Å². The average molecular weight is 328 g/mol. The first-order chi connectivity index (χ1) is 11.5. The van der Waals surface area contributed by atoms with Crippen molar-refractivity contribution in [3.63, 3.8) is 0 Å². The van der Waals surface area contributed by atoms with Crippen LogP contribution in [0.2, 0.25) is 0 Å². The van der Waals surface area contributed by atoms with Crippen molar-refractivity contribution >= 4 is 17.6 Å². The molecule has 3 N–H and O–H groups in total. The van der Waals surface area contributed by atoms with E-state index in [1.807, 2.05) is 30.3 Å². The Labute approximate surface area is 139 Å². The first-order valence-electron chi connectivity index (χ1n) is 7.51. The zero-order chi connectivity index (χ0) is 17.5. The van der Waals surface area contributed by atoms with Gasteiger partial charge in [0.1, 0.15) is 12.2 Å². The van der Waals surface area contributed by atoms with E-state index in [4.69, 9.17) is 0 Å². The third kappa shape index (κ3) is 4.45. The summed E-state index contributed by atoms with van der Waals surface area (Å²) in [5.74, 6) is -0.277. The number of nitrogens with one attached hydrogen (secondary N) is 3. The number of nitrogens with zero attached hydrogens (tertiary/aromatic N) is 1. The molecule has 0 spiro atoms. The lowest BCUT2D eigenvalue weighted by Crippen LogP contribution is -2.35. The number of hydrogen-bond acceptors (Lipinski definition) is 3. The molecule has 2 rings (SSSR count). The third-order valence-corrected chi connectivity index (χ3v) is 3.50. The summed E-state index contributed by atoms with van der Waals surface area (Å²) in [7, 11) is 1.46. The Morgan fingerprint density at radius 3 is 2.46 bits per heavy atom. The normalized spacial score (nSPS) is 10.1. The van der Waals surface area contributed by atoms with Gasteiger partial charge < -0.3 is 20.5 Å². The van der Waals surface area contributed by atoms with E-state index in [2.05, 4.69) is 16.0 Å². The Kier molecular flexibility index (Phi) is 5.73. The zero-order valence-corrected chi connectivity index (χ0v) is 13.6. The van der Waals surface area contributed by atoms with E-state index in [9.17, 15) is 14.4 Å². The van der Waals surface area contributed by atoms with E-state index in [1.54, 1.807) is 13.0 Å². The van der Waals surface area contributed by atoms with Crippen LogP contribution in [0.3, 0.4) is 0 Å². The number of benzene rings is 1. The van der Waals surface area contributed by atoms with Gasteiger partial charge in [0.05, 0.1) is 0 Å². The van der Waals surface area contributed by atoms with Crippen LogP contribution in [0, 0.1) is 6.92 Å². The molecule has 0 aliphatic heterocycles. The molecular weight excluding hydrogens is 308 g/mol. The van der Waals surface area contributed by atoms with Gasteiger partial charge in [0.25, 0.3) is 5.56 Å². The lowest BCUT2D eigenvalue weighted by Gasteiger charge is -2.12. The standard InChI is InChI=1S/C17H20N4O3/c1-12-8-9-14(20-17(24)18-2)16(23)21(12)11-15(22)19-10-13-6-4-3-5-7-13/h3-9H,10-11H2,1-2H3,(H,19,22)(H2,18,20,24). The molecule has 1 aromatic carbocycles. The monoisotopic (exact) mass is 328 g/mol. The fourth-order valence-corrected chi connectivity index (χ4v) is 2.14. The van der Waals surface area contributed by atoms with Crippen LogP contribution >= 0.6 is 0 Å². The maximum absolute atomic E-state index is 12.4. The van der Waals surface area contributed by atoms with Gasteiger partial charge in [-0.25, -0.2) is 4.79 Å². The number of carbonyl (C=O) groups excluding carboxylic acids is 2. The van der Waals surface area contributed by atoms with E-state index < -0.39 is 11.6 Å². The summed E-state index contributed by atoms with van der Waals surface area (Å²) in [5, 5.41) is 7.59. The van der Waals surface area contributed by atoms with E-state index in [0.717, 1.165) is 5.56 Å². The van der Waals surface area contributed by atoms with Gasteiger partial charge in [-0.15, -0.1) is 0 Å². The van der Waals surface area contributed by atoms with Gasteiger partial charge in [0.2, 0.25) is 5.91 Å². The summed E-state index contributed by atoms with van der Waals surface area (Å²) in [4.78, 5) is 35.9. The average Bonchev–Trinajstić information content (AvgIpc) is 2.60. The van der Waals surface area contributed by atoms with E-state index in [0.29, 0.717) is 12.2 Å². The van der Waals surface area contributed by atoms with E-state index >= 15 is 0 Å². The predicted molar refractivity (Wildman–Crippen MR) is 91.8 cm³/mol. The summed E-state index contributed by atoms with van der Waals surface area (Å²) >= 11 is 0. The highest BCUT2D eigenvalue weighted by atomic mass is 16.2. The molecule has 126 valence electrons. The summed E-state index contributed by atoms with van der Waals surface area (Å²) in [5.41, 5.74) is 1.31. The second-order valence-corrected chi connectivity index (χ2v) is 5.25. The molecule has 7 nitrogen and oxygen atoms in total. The van der Waals surface area contributed by atoms with Crippen molar-refractivity contribution in [1.82, 2.24) is 15.2 Å². The van der Waals surface area contributed by atoms with Crippen molar-refractivity contribution in [3.8, 4) is 0 Å². The molecule has 0 unspecified atom stereocenters. The zero-order valence-electron chi connectivity index (χ0n) is 13.6. The van der Waals surface area contributed by atoms with Gasteiger partial charge in [-0.1, -0.05) is 30.3 Å². The summed E-state index contributed by atoms with van der Waals surface area (Å²) < 4.78 is 1.32. The Balaban J connectivity index is 2.08. The molecule has 0 saturated heterocycles. The van der Waals surface area contributed by atoms with Crippen LogP contribution in [0.15, 0.2) is 47.3 Å². The van der Waals surface area contributed by atoms with Gasteiger partial charge in [-0.3, -0.25) is 9.59 Å². The summed E-state index contributed by atoms with van der Waals surface area (Å²) in [6, 6.07) is 12.2. The van der Waals surface area contributed by atoms with Crippen molar-refractivity contribution in [3.05, 3.63) is 64.1 Å². The smallest absolute Gasteiger partial charge is 0.319 e. The molecule has 1 heterocycles. The maximum atomic E-state index is 12.4. The van der Waals surface area contributed by atoms with Crippen LogP contribution in [0.4, 0.5) is 10.5 Å². The summed E-state index contributed by atoms with van der Waals surface area (Å²) in [6.45, 7) is 2.01. The quantitative estimate of drug-likeness (QED) is 0.771. The fraction of sp³-hybridized carbons (Fsp3) is 0.235. The van der Waals surface area contributed by atoms with Crippen LogP contribution in [0.5, 0.6) is 0 Å². The molecule has 24 heavy (non-hydrogen) atoms. The van der Waals surface area contributed by atoms with Crippen LogP contribution < -0.4 is 21.5 Å². The highest BCUT2D eigenvalue weighted by Crippen LogP contribution is 2.04. The highest BCUT2D eigenvalue weighted by Gasteiger charge is 2.11. The maximum Gasteiger partial charge on any atom is 0.319 e. The van der Waals surface area contributed by atoms with Crippen LogP contribution in [-0.4, -0.2) is 23.6 Å². The molecular formula is C17H20N4O3. The van der Waals surface area contributed by atoms with Crippen LogP contribution in [0.1, 0.15) is 11.3 Å². The number of aryl methyl sites for hydroxylation is 1. The van der Waals surface area contributed by atoms with E-state index in [-0.39, 0.29) is 18.1 Å². The lowest BCUT2D eigenvalue weighted by molar-refractivity contribution is -0.121. The van der Waals surface area contributed by atoms with Crippen molar-refractivity contribution in [1.29, 1.82) is 0 Å². The van der Waals surface area contributed by atoms with Crippen molar-refractivity contribution < 1.29 is 9.59 Å². The molecule has 0 radical (unpaired) electrons. The number of urea groups is 1. The van der Waals surface area contributed by atoms with Crippen molar-refractivity contribution in [2.24, 2.45) is 0 Å². The number of anilines is 1. The number of carbonyl (C=O) groups is 2. The fourth-order valence-electron chi connectivity index (χ4n) is 2.14. The molecule has 3 amide bonds. The first kappa shape index (κ1) is 17.3. The second kappa shape index (κ2) is 7.96. The van der Waals surface area contributed by atoms with E-state index in [1.165, 1.54) is 17.7 Å². The Hall–Kier alpha value is -3.09. The Morgan fingerprint density at radius 1 is 1.08 bits per heavy atom. The molecule has 0 fully saturated rings. The number of rotatable bonds is 5. The third-order valence-electron chi connectivity index (χ3n) is 3.50. The Morgan fingerprint density at radius 2 is 1.79 bits per heavy atom. The van der Waals surface area contributed by atoms with Gasteiger partial charge in [0.15, 0.2) is 0 Å². The Bertz CT molecular complexity index is 784. The van der Waals surface area contributed by atoms with Gasteiger partial charge in [-0.05, 0) is 24.6 Å². The number of amides is 3. The van der Waals surface area contributed by atoms with Gasteiger partial charge >= 0.3 is 6.03 Å². The first-order valence-corrected chi connectivity index (χ1v) is 7.51. The number of pyridine rings is 1. The van der Waals surface area contributed by atoms with Crippen molar-refractivity contribution in [2.45, 2.75) is 20.0 Å². The van der Waals surface area contributed by atoms with Gasteiger partial charge in [0, 0.05) is 19.3 Å². The predicted octanol–water partition coefficient (Wildman–Crippen LogP) is 1.22. The largest absolute Gasteiger partial charge is 0.350 e. The lowest BCUT2D eigenvalue weighted by atomic mass is 10.2. The van der Waals surface area contributed by atoms with Crippen LogP contribution in [0.25, 0.3) is 0 Å². The molecule has 0 saturated carbocycles. The number of aromatic nitrogens is 1. The minimum absolute atomic E-state index is 0.110. The highest BCUT2D eigenvalue weighted by molar-refractivity contribution is 5.88. The molecule has 2 aromatic rings. The SMILES string of the molecule is CNC(=O)Nc1ccc(C)n(CC(=O)NCc2ccccc2)c1=O. The number of hydrogen-bond donors (Lipinski definition) is 3. The van der Waals surface area contributed by atoms with Crippen molar-refractivity contribution in [2.75, 3.05) is 12.4 Å². The summed E-state index contributed by atoms with van der Waals surface area (Å²) in [6.07, 6.45) is 0.